The summed E-state index contributed by atoms with van der Waals surface area (Å²) in [6, 6.07) is 0. The van der Waals surface area contributed by atoms with E-state index < -0.39 is 6.10 Å². The standard InChI is InChI=1S/C14H19N5O/c1-19-8-10(6-18-19)13(20)7-15-14-11-4-2-3-5-12(11)16-9-17-14/h6,8-9,13,20H,2-5,7H2,1H3,(H,15,16,17). The summed E-state index contributed by atoms with van der Waals surface area (Å²) in [6.07, 6.45) is 8.94. The van der Waals surface area contributed by atoms with Crippen LogP contribution in [0.25, 0.3) is 0 Å². The molecule has 0 amide bonds. The van der Waals surface area contributed by atoms with Gasteiger partial charge in [0.05, 0.1) is 12.3 Å². The van der Waals surface area contributed by atoms with Crippen LogP contribution in [0.15, 0.2) is 18.7 Å². The van der Waals surface area contributed by atoms with E-state index in [1.165, 1.54) is 18.4 Å². The molecule has 6 heteroatoms. The maximum Gasteiger partial charge on any atom is 0.132 e. The zero-order valence-corrected chi connectivity index (χ0v) is 11.6. The summed E-state index contributed by atoms with van der Waals surface area (Å²) in [5.41, 5.74) is 3.16. The molecule has 0 saturated carbocycles. The first-order chi connectivity index (χ1) is 9.74. The first-order valence-corrected chi connectivity index (χ1v) is 6.97. The predicted molar refractivity (Wildman–Crippen MR) is 75.3 cm³/mol. The number of aromatic nitrogens is 4. The largest absolute Gasteiger partial charge is 0.386 e. The second kappa shape index (κ2) is 5.58. The van der Waals surface area contributed by atoms with Crippen LogP contribution in [0.1, 0.15) is 35.8 Å². The molecule has 20 heavy (non-hydrogen) atoms. The van der Waals surface area contributed by atoms with E-state index in [9.17, 15) is 5.11 Å². The quantitative estimate of drug-likeness (QED) is 0.876. The molecule has 0 saturated heterocycles. The molecule has 3 rings (SSSR count). The molecule has 0 fully saturated rings. The number of hydrogen-bond acceptors (Lipinski definition) is 5. The van der Waals surface area contributed by atoms with Gasteiger partial charge in [-0.2, -0.15) is 5.10 Å². The Bertz CT molecular complexity index is 595. The van der Waals surface area contributed by atoms with Crippen molar-refractivity contribution in [1.29, 1.82) is 0 Å². The molecule has 0 spiro atoms. The normalized spacial score (nSPS) is 15.7. The van der Waals surface area contributed by atoms with Gasteiger partial charge in [-0.15, -0.1) is 0 Å². The number of anilines is 1. The Morgan fingerprint density at radius 3 is 3.00 bits per heavy atom. The van der Waals surface area contributed by atoms with Crippen molar-refractivity contribution in [1.82, 2.24) is 19.7 Å². The Balaban J connectivity index is 1.69. The van der Waals surface area contributed by atoms with Gasteiger partial charge in [-0.25, -0.2) is 9.97 Å². The molecular formula is C14H19N5O. The smallest absolute Gasteiger partial charge is 0.132 e. The van der Waals surface area contributed by atoms with E-state index in [2.05, 4.69) is 20.4 Å². The summed E-state index contributed by atoms with van der Waals surface area (Å²) in [6.45, 7) is 0.426. The van der Waals surface area contributed by atoms with Crippen molar-refractivity contribution in [2.24, 2.45) is 7.05 Å². The molecule has 0 aliphatic heterocycles. The van der Waals surface area contributed by atoms with Crippen LogP contribution in [0.3, 0.4) is 0 Å². The average molecular weight is 273 g/mol. The van der Waals surface area contributed by atoms with Crippen molar-refractivity contribution in [2.45, 2.75) is 31.8 Å². The zero-order valence-electron chi connectivity index (χ0n) is 11.6. The molecule has 1 unspecified atom stereocenters. The average Bonchev–Trinajstić information content (AvgIpc) is 2.91. The van der Waals surface area contributed by atoms with Gasteiger partial charge >= 0.3 is 0 Å². The van der Waals surface area contributed by atoms with Gasteiger partial charge in [0.2, 0.25) is 0 Å². The van der Waals surface area contributed by atoms with E-state index in [0.717, 1.165) is 29.9 Å². The summed E-state index contributed by atoms with van der Waals surface area (Å²) in [4.78, 5) is 8.65. The van der Waals surface area contributed by atoms with Gasteiger partial charge in [-0.1, -0.05) is 0 Å². The van der Waals surface area contributed by atoms with E-state index in [1.807, 2.05) is 13.2 Å². The third-order valence-corrected chi connectivity index (χ3v) is 3.70. The fourth-order valence-electron chi connectivity index (χ4n) is 2.60. The first-order valence-electron chi connectivity index (χ1n) is 6.97. The Labute approximate surface area is 117 Å². The molecule has 0 radical (unpaired) electrons. The number of aliphatic hydroxyl groups excluding tert-OH is 1. The Kier molecular flexibility index (Phi) is 3.64. The van der Waals surface area contributed by atoms with E-state index >= 15 is 0 Å². The molecule has 1 aliphatic rings. The fourth-order valence-corrected chi connectivity index (χ4v) is 2.60. The maximum atomic E-state index is 10.1. The lowest BCUT2D eigenvalue weighted by molar-refractivity contribution is 0.191. The zero-order chi connectivity index (χ0) is 13.9. The lowest BCUT2D eigenvalue weighted by atomic mass is 9.96. The van der Waals surface area contributed by atoms with Gasteiger partial charge in [0.1, 0.15) is 12.1 Å². The highest BCUT2D eigenvalue weighted by Crippen LogP contribution is 2.24. The third-order valence-electron chi connectivity index (χ3n) is 3.70. The summed E-state index contributed by atoms with van der Waals surface area (Å²) in [5.74, 6) is 0.859. The minimum atomic E-state index is -0.585. The highest BCUT2D eigenvalue weighted by atomic mass is 16.3. The fraction of sp³-hybridized carbons (Fsp3) is 0.500. The molecule has 1 atom stereocenters. The molecule has 2 N–H and O–H groups in total. The molecule has 2 heterocycles. The Morgan fingerprint density at radius 2 is 2.20 bits per heavy atom. The molecule has 0 aromatic carbocycles. The van der Waals surface area contributed by atoms with Gasteiger partial charge in [-0.3, -0.25) is 4.68 Å². The molecule has 6 nitrogen and oxygen atoms in total. The summed E-state index contributed by atoms with van der Waals surface area (Å²) in [7, 11) is 1.84. The van der Waals surface area contributed by atoms with E-state index in [4.69, 9.17) is 0 Å². The number of rotatable bonds is 4. The van der Waals surface area contributed by atoms with E-state index in [0.29, 0.717) is 6.54 Å². The minimum absolute atomic E-state index is 0.426. The van der Waals surface area contributed by atoms with Crippen molar-refractivity contribution in [3.05, 3.63) is 35.5 Å². The van der Waals surface area contributed by atoms with Crippen LogP contribution in [-0.2, 0) is 19.9 Å². The SMILES string of the molecule is Cn1cc(C(O)CNc2ncnc3c2CCCC3)cn1. The number of fused-ring (bicyclic) bond motifs is 1. The molecule has 2 aromatic rings. The van der Waals surface area contributed by atoms with Gasteiger partial charge in [-0.05, 0) is 25.7 Å². The van der Waals surface area contributed by atoms with Crippen molar-refractivity contribution in [3.8, 4) is 0 Å². The van der Waals surface area contributed by atoms with Crippen LogP contribution in [0.5, 0.6) is 0 Å². The Morgan fingerprint density at radius 1 is 1.35 bits per heavy atom. The third kappa shape index (κ3) is 2.65. The van der Waals surface area contributed by atoms with Crippen LogP contribution in [-0.4, -0.2) is 31.4 Å². The number of nitrogens with one attached hydrogen (secondary N) is 1. The first kappa shape index (κ1) is 13.1. The monoisotopic (exact) mass is 273 g/mol. The molecule has 106 valence electrons. The van der Waals surface area contributed by atoms with Crippen molar-refractivity contribution >= 4 is 5.82 Å². The van der Waals surface area contributed by atoms with Crippen LogP contribution in [0, 0.1) is 0 Å². The van der Waals surface area contributed by atoms with E-state index in [1.54, 1.807) is 17.2 Å². The van der Waals surface area contributed by atoms with Crippen LogP contribution >= 0.6 is 0 Å². The van der Waals surface area contributed by atoms with Gasteiger partial charge in [0.15, 0.2) is 0 Å². The maximum absolute atomic E-state index is 10.1. The highest BCUT2D eigenvalue weighted by Gasteiger charge is 2.16. The van der Waals surface area contributed by atoms with Crippen LogP contribution in [0.2, 0.25) is 0 Å². The van der Waals surface area contributed by atoms with Crippen molar-refractivity contribution in [3.63, 3.8) is 0 Å². The van der Waals surface area contributed by atoms with E-state index in [-0.39, 0.29) is 0 Å². The second-order valence-corrected chi connectivity index (χ2v) is 5.20. The lowest BCUT2D eigenvalue weighted by Gasteiger charge is -2.19. The predicted octanol–water partition coefficient (Wildman–Crippen LogP) is 1.23. The number of hydrogen-bond donors (Lipinski definition) is 2. The summed E-state index contributed by atoms with van der Waals surface area (Å²) in [5, 5.41) is 17.4. The van der Waals surface area contributed by atoms with Crippen LogP contribution in [0.4, 0.5) is 5.82 Å². The van der Waals surface area contributed by atoms with Gasteiger partial charge in [0.25, 0.3) is 0 Å². The molecule has 2 aromatic heterocycles. The number of aryl methyl sites for hydroxylation is 2. The second-order valence-electron chi connectivity index (χ2n) is 5.20. The van der Waals surface area contributed by atoms with Gasteiger partial charge in [0, 0.05) is 36.6 Å². The molecular weight excluding hydrogens is 254 g/mol. The summed E-state index contributed by atoms with van der Waals surface area (Å²) < 4.78 is 1.69. The summed E-state index contributed by atoms with van der Waals surface area (Å²) >= 11 is 0. The number of nitrogens with zero attached hydrogens (tertiary/aromatic N) is 4. The highest BCUT2D eigenvalue weighted by molar-refractivity contribution is 5.47. The topological polar surface area (TPSA) is 75.9 Å². The molecule has 1 aliphatic carbocycles. The number of aliphatic hydroxyl groups is 1. The van der Waals surface area contributed by atoms with Gasteiger partial charge < -0.3 is 10.4 Å². The van der Waals surface area contributed by atoms with Crippen molar-refractivity contribution < 1.29 is 5.11 Å². The van der Waals surface area contributed by atoms with Crippen molar-refractivity contribution in [2.75, 3.05) is 11.9 Å². The lowest BCUT2D eigenvalue weighted by Crippen LogP contribution is -2.16. The Hall–Kier alpha value is -1.95. The minimum Gasteiger partial charge on any atom is -0.386 e. The molecule has 0 bridgehead atoms. The van der Waals surface area contributed by atoms with Crippen LogP contribution < -0.4 is 5.32 Å².